The summed E-state index contributed by atoms with van der Waals surface area (Å²) in [4.78, 5) is 23.2. The minimum absolute atomic E-state index is 0.141. The summed E-state index contributed by atoms with van der Waals surface area (Å²) in [6.07, 6.45) is 5.66. The predicted octanol–water partition coefficient (Wildman–Crippen LogP) is 3.46. The van der Waals surface area contributed by atoms with Gasteiger partial charge in [-0.25, -0.2) is 4.39 Å². The van der Waals surface area contributed by atoms with Gasteiger partial charge in [-0.15, -0.1) is 0 Å². The van der Waals surface area contributed by atoms with Crippen molar-refractivity contribution >= 4 is 11.9 Å². The maximum Gasteiger partial charge on any atom is 0.307 e. The topological polar surface area (TPSA) is 55.4 Å². The van der Waals surface area contributed by atoms with Gasteiger partial charge in [0, 0.05) is 12.1 Å². The molecule has 0 aromatic heterocycles. The van der Waals surface area contributed by atoms with Gasteiger partial charge < -0.3 is 10.1 Å². The van der Waals surface area contributed by atoms with Gasteiger partial charge in [0.1, 0.15) is 5.82 Å². The van der Waals surface area contributed by atoms with E-state index in [0.717, 1.165) is 12.8 Å². The highest BCUT2D eigenvalue weighted by atomic mass is 19.1. The summed E-state index contributed by atoms with van der Waals surface area (Å²) in [5, 5.41) is 2.61. The highest BCUT2D eigenvalue weighted by Crippen LogP contribution is 2.03. The lowest BCUT2D eigenvalue weighted by molar-refractivity contribution is -0.143. The molecule has 0 atom stereocenters. The quantitative estimate of drug-likeness (QED) is 0.532. The number of carbonyl (C=O) groups is 2. The standard InChI is InChI=1S/C17H24FNO3/c1-2-3-4-5-6-13-22-16(20)11-12-19-17(21)14-7-9-15(18)10-8-14/h7-10H,2-6,11-13H2,1H3,(H,19,21). The zero-order chi connectivity index (χ0) is 16.2. The monoisotopic (exact) mass is 309 g/mol. The van der Waals surface area contributed by atoms with Crippen LogP contribution in [0, 0.1) is 5.82 Å². The number of carbonyl (C=O) groups excluding carboxylic acids is 2. The minimum Gasteiger partial charge on any atom is -0.466 e. The molecule has 0 spiro atoms. The molecule has 4 nitrogen and oxygen atoms in total. The van der Waals surface area contributed by atoms with Gasteiger partial charge >= 0.3 is 5.97 Å². The van der Waals surface area contributed by atoms with Gasteiger partial charge in [-0.05, 0) is 30.7 Å². The van der Waals surface area contributed by atoms with Crippen LogP contribution in [-0.2, 0) is 9.53 Å². The number of benzene rings is 1. The molecule has 1 N–H and O–H groups in total. The van der Waals surface area contributed by atoms with Gasteiger partial charge in [0.2, 0.25) is 0 Å². The summed E-state index contributed by atoms with van der Waals surface area (Å²) in [5.41, 5.74) is 0.366. The molecule has 1 aromatic rings. The molecule has 22 heavy (non-hydrogen) atoms. The van der Waals surface area contributed by atoms with Gasteiger partial charge in [-0.2, -0.15) is 0 Å². The summed E-state index contributed by atoms with van der Waals surface area (Å²) in [6.45, 7) is 2.81. The number of unbranched alkanes of at least 4 members (excludes halogenated alkanes) is 4. The molecular formula is C17H24FNO3. The van der Waals surface area contributed by atoms with Gasteiger partial charge in [-0.1, -0.05) is 32.6 Å². The summed E-state index contributed by atoms with van der Waals surface area (Å²) in [6, 6.07) is 5.25. The predicted molar refractivity (Wildman–Crippen MR) is 83.1 cm³/mol. The second-order valence-electron chi connectivity index (χ2n) is 5.15. The largest absolute Gasteiger partial charge is 0.466 e. The van der Waals surface area contributed by atoms with Crippen molar-refractivity contribution in [1.82, 2.24) is 5.32 Å². The van der Waals surface area contributed by atoms with E-state index in [0.29, 0.717) is 12.2 Å². The average molecular weight is 309 g/mol. The molecule has 0 heterocycles. The van der Waals surface area contributed by atoms with Gasteiger partial charge in [0.05, 0.1) is 13.0 Å². The maximum atomic E-state index is 12.7. The van der Waals surface area contributed by atoms with Crippen molar-refractivity contribution in [3.8, 4) is 0 Å². The molecule has 122 valence electrons. The fourth-order valence-electron chi connectivity index (χ4n) is 1.95. The van der Waals surface area contributed by atoms with Crippen LogP contribution in [-0.4, -0.2) is 25.0 Å². The second-order valence-corrected chi connectivity index (χ2v) is 5.15. The molecule has 1 amide bonds. The molecule has 0 saturated heterocycles. The van der Waals surface area contributed by atoms with Crippen molar-refractivity contribution in [1.29, 1.82) is 0 Å². The lowest BCUT2D eigenvalue weighted by Crippen LogP contribution is -2.26. The summed E-state index contributed by atoms with van der Waals surface area (Å²) < 4.78 is 17.8. The van der Waals surface area contributed by atoms with E-state index < -0.39 is 0 Å². The zero-order valence-electron chi connectivity index (χ0n) is 13.1. The molecule has 0 saturated carbocycles. The van der Waals surface area contributed by atoms with Crippen LogP contribution < -0.4 is 5.32 Å². The Kier molecular flexibility index (Phi) is 8.88. The Balaban J connectivity index is 2.09. The van der Waals surface area contributed by atoms with E-state index >= 15 is 0 Å². The van der Waals surface area contributed by atoms with E-state index in [-0.39, 0.29) is 30.7 Å². The van der Waals surface area contributed by atoms with E-state index in [4.69, 9.17) is 4.74 Å². The summed E-state index contributed by atoms with van der Waals surface area (Å²) >= 11 is 0. The Bertz CT molecular complexity index is 459. The number of rotatable bonds is 10. The average Bonchev–Trinajstić information content (AvgIpc) is 2.51. The van der Waals surface area contributed by atoms with E-state index in [1.165, 1.54) is 43.5 Å². The van der Waals surface area contributed by atoms with Crippen molar-refractivity contribution in [3.63, 3.8) is 0 Å². The Morgan fingerprint density at radius 3 is 2.45 bits per heavy atom. The van der Waals surface area contributed by atoms with Crippen LogP contribution in [0.4, 0.5) is 4.39 Å². The molecule has 1 aromatic carbocycles. The van der Waals surface area contributed by atoms with Crippen LogP contribution in [0.25, 0.3) is 0 Å². The normalized spacial score (nSPS) is 10.3. The molecule has 1 rings (SSSR count). The highest BCUT2D eigenvalue weighted by Gasteiger charge is 2.07. The van der Waals surface area contributed by atoms with Crippen LogP contribution in [0.3, 0.4) is 0 Å². The van der Waals surface area contributed by atoms with E-state index in [9.17, 15) is 14.0 Å². The Morgan fingerprint density at radius 1 is 1.09 bits per heavy atom. The summed E-state index contributed by atoms with van der Waals surface area (Å²) in [7, 11) is 0. The molecule has 0 aliphatic rings. The second kappa shape index (κ2) is 10.8. The molecule has 0 bridgehead atoms. The number of halogens is 1. The number of nitrogens with one attached hydrogen (secondary N) is 1. The van der Waals surface area contributed by atoms with E-state index in [2.05, 4.69) is 12.2 Å². The van der Waals surface area contributed by atoms with Gasteiger partial charge in [0.15, 0.2) is 0 Å². The lowest BCUT2D eigenvalue weighted by atomic mass is 10.2. The van der Waals surface area contributed by atoms with Crippen molar-refractivity contribution < 1.29 is 18.7 Å². The molecular weight excluding hydrogens is 285 g/mol. The van der Waals surface area contributed by atoms with Crippen LogP contribution in [0.5, 0.6) is 0 Å². The zero-order valence-corrected chi connectivity index (χ0v) is 13.1. The van der Waals surface area contributed by atoms with Gasteiger partial charge in [0.25, 0.3) is 5.91 Å². The number of hydrogen-bond donors (Lipinski definition) is 1. The molecule has 5 heteroatoms. The number of amides is 1. The Hall–Kier alpha value is -1.91. The fraction of sp³-hybridized carbons (Fsp3) is 0.529. The third-order valence-corrected chi connectivity index (χ3v) is 3.23. The third kappa shape index (κ3) is 7.76. The summed E-state index contributed by atoms with van der Waals surface area (Å²) in [5.74, 6) is -1.03. The molecule has 0 aliphatic carbocycles. The number of ether oxygens (including phenoxy) is 1. The van der Waals surface area contributed by atoms with Crippen molar-refractivity contribution in [3.05, 3.63) is 35.6 Å². The van der Waals surface area contributed by atoms with Crippen molar-refractivity contribution in [2.45, 2.75) is 45.4 Å². The Morgan fingerprint density at radius 2 is 1.77 bits per heavy atom. The van der Waals surface area contributed by atoms with Crippen molar-refractivity contribution in [2.24, 2.45) is 0 Å². The SMILES string of the molecule is CCCCCCCOC(=O)CCNC(=O)c1ccc(F)cc1. The van der Waals surface area contributed by atoms with Crippen LogP contribution in [0.1, 0.15) is 55.8 Å². The molecule has 0 radical (unpaired) electrons. The molecule has 0 unspecified atom stereocenters. The molecule has 0 aliphatic heterocycles. The molecule has 0 fully saturated rings. The fourth-order valence-corrected chi connectivity index (χ4v) is 1.95. The first-order valence-corrected chi connectivity index (χ1v) is 7.83. The van der Waals surface area contributed by atoms with Crippen molar-refractivity contribution in [2.75, 3.05) is 13.2 Å². The lowest BCUT2D eigenvalue weighted by Gasteiger charge is -2.06. The van der Waals surface area contributed by atoms with Crippen LogP contribution in [0.2, 0.25) is 0 Å². The Labute approximate surface area is 131 Å². The minimum atomic E-state index is -0.390. The highest BCUT2D eigenvalue weighted by molar-refractivity contribution is 5.94. The third-order valence-electron chi connectivity index (χ3n) is 3.23. The van der Waals surface area contributed by atoms with E-state index in [1.807, 2.05) is 0 Å². The maximum absolute atomic E-state index is 12.7. The first-order chi connectivity index (χ1) is 10.6. The van der Waals surface area contributed by atoms with Crippen LogP contribution >= 0.6 is 0 Å². The van der Waals surface area contributed by atoms with E-state index in [1.54, 1.807) is 0 Å². The number of hydrogen-bond acceptors (Lipinski definition) is 3. The van der Waals surface area contributed by atoms with Gasteiger partial charge in [-0.3, -0.25) is 9.59 Å². The first-order valence-electron chi connectivity index (χ1n) is 7.83. The number of esters is 1. The first kappa shape index (κ1) is 18.1. The van der Waals surface area contributed by atoms with Crippen LogP contribution in [0.15, 0.2) is 24.3 Å². The smallest absolute Gasteiger partial charge is 0.307 e.